The summed E-state index contributed by atoms with van der Waals surface area (Å²) in [6.07, 6.45) is 0. The first kappa shape index (κ1) is 11.1. The van der Waals surface area contributed by atoms with Crippen LogP contribution in [-0.2, 0) is 0 Å². The van der Waals surface area contributed by atoms with E-state index in [1.54, 1.807) is 0 Å². The van der Waals surface area contributed by atoms with Crippen molar-refractivity contribution in [3.05, 3.63) is 29.8 Å². The molecular formula is C12H20N2. The van der Waals surface area contributed by atoms with Crippen molar-refractivity contribution in [2.75, 3.05) is 18.8 Å². The van der Waals surface area contributed by atoms with E-state index in [9.17, 15) is 0 Å². The maximum Gasteiger partial charge on any atom is 0.0362 e. The molecule has 1 aromatic rings. The molecule has 1 aromatic carbocycles. The van der Waals surface area contributed by atoms with E-state index in [1.807, 2.05) is 18.2 Å². The van der Waals surface area contributed by atoms with Gasteiger partial charge in [-0.3, -0.25) is 4.90 Å². The number of nitrogen functional groups attached to an aromatic ring is 1. The summed E-state index contributed by atoms with van der Waals surface area (Å²) >= 11 is 0. The lowest BCUT2D eigenvalue weighted by atomic mass is 10.1. The number of nitrogens with two attached hydrogens (primary N) is 1. The SMILES string of the molecule is CCN(CC)C(C)c1ccccc1N. The van der Waals surface area contributed by atoms with Gasteiger partial charge in [0.2, 0.25) is 0 Å². The Morgan fingerprint density at radius 1 is 1.21 bits per heavy atom. The molecule has 2 N–H and O–H groups in total. The number of benzene rings is 1. The number of hydrogen-bond donors (Lipinski definition) is 1. The Labute approximate surface area is 86.7 Å². The lowest BCUT2D eigenvalue weighted by Crippen LogP contribution is -2.26. The summed E-state index contributed by atoms with van der Waals surface area (Å²) in [6, 6.07) is 8.51. The molecule has 0 amide bonds. The highest BCUT2D eigenvalue weighted by Gasteiger charge is 2.13. The van der Waals surface area contributed by atoms with Crippen molar-refractivity contribution in [2.24, 2.45) is 0 Å². The number of rotatable bonds is 4. The summed E-state index contributed by atoms with van der Waals surface area (Å²) in [7, 11) is 0. The predicted octanol–water partition coefficient (Wildman–Crippen LogP) is 2.67. The van der Waals surface area contributed by atoms with Crippen LogP contribution < -0.4 is 5.73 Å². The van der Waals surface area contributed by atoms with E-state index in [0.29, 0.717) is 6.04 Å². The average molecular weight is 192 g/mol. The molecule has 0 radical (unpaired) electrons. The molecule has 14 heavy (non-hydrogen) atoms. The van der Waals surface area contributed by atoms with Gasteiger partial charge in [0.1, 0.15) is 0 Å². The molecule has 2 nitrogen and oxygen atoms in total. The fraction of sp³-hybridized carbons (Fsp3) is 0.500. The molecule has 1 atom stereocenters. The normalized spacial score (nSPS) is 13.1. The molecule has 1 rings (SSSR count). The Morgan fingerprint density at radius 3 is 2.29 bits per heavy atom. The zero-order valence-electron chi connectivity index (χ0n) is 9.33. The minimum absolute atomic E-state index is 0.409. The van der Waals surface area contributed by atoms with Crippen molar-refractivity contribution in [3.63, 3.8) is 0 Å². The third-order valence-electron chi connectivity index (χ3n) is 2.81. The minimum Gasteiger partial charge on any atom is -0.398 e. The minimum atomic E-state index is 0.409. The van der Waals surface area contributed by atoms with Gasteiger partial charge in [0, 0.05) is 11.7 Å². The molecule has 0 spiro atoms. The van der Waals surface area contributed by atoms with Gasteiger partial charge >= 0.3 is 0 Å². The Morgan fingerprint density at radius 2 is 1.79 bits per heavy atom. The number of nitrogens with zero attached hydrogens (tertiary/aromatic N) is 1. The van der Waals surface area contributed by atoms with Gasteiger partial charge in [-0.2, -0.15) is 0 Å². The van der Waals surface area contributed by atoms with E-state index >= 15 is 0 Å². The molecule has 0 aliphatic heterocycles. The van der Waals surface area contributed by atoms with Crippen LogP contribution in [0.15, 0.2) is 24.3 Å². The molecule has 0 heterocycles. The highest BCUT2D eigenvalue weighted by Crippen LogP contribution is 2.24. The second kappa shape index (κ2) is 5.01. The van der Waals surface area contributed by atoms with Gasteiger partial charge in [0.05, 0.1) is 0 Å². The first-order valence-electron chi connectivity index (χ1n) is 5.29. The molecule has 0 bridgehead atoms. The molecule has 2 heteroatoms. The molecular weight excluding hydrogens is 172 g/mol. The molecule has 1 unspecified atom stereocenters. The molecule has 78 valence electrons. The molecule has 0 fully saturated rings. The highest BCUT2D eigenvalue weighted by molar-refractivity contribution is 5.47. The highest BCUT2D eigenvalue weighted by atomic mass is 15.1. The molecule has 0 aliphatic carbocycles. The van der Waals surface area contributed by atoms with Crippen LogP contribution in [-0.4, -0.2) is 18.0 Å². The van der Waals surface area contributed by atoms with Crippen molar-refractivity contribution in [2.45, 2.75) is 26.8 Å². The van der Waals surface area contributed by atoms with Crippen LogP contribution in [0.2, 0.25) is 0 Å². The predicted molar refractivity (Wildman–Crippen MR) is 62.2 cm³/mol. The van der Waals surface area contributed by atoms with Crippen LogP contribution in [0.1, 0.15) is 32.4 Å². The molecule has 0 aliphatic rings. The van der Waals surface area contributed by atoms with Gasteiger partial charge < -0.3 is 5.73 Å². The third kappa shape index (κ3) is 2.26. The van der Waals surface area contributed by atoms with E-state index < -0.39 is 0 Å². The lowest BCUT2D eigenvalue weighted by Gasteiger charge is -2.27. The van der Waals surface area contributed by atoms with Crippen LogP contribution >= 0.6 is 0 Å². The summed E-state index contributed by atoms with van der Waals surface area (Å²) in [5.74, 6) is 0. The fourth-order valence-corrected chi connectivity index (χ4v) is 1.86. The number of para-hydroxylation sites is 1. The second-order valence-electron chi connectivity index (χ2n) is 3.53. The molecule has 0 saturated heterocycles. The van der Waals surface area contributed by atoms with Crippen LogP contribution in [0.4, 0.5) is 5.69 Å². The Kier molecular flexibility index (Phi) is 3.96. The Bertz CT molecular complexity index is 279. The Hall–Kier alpha value is -1.02. The van der Waals surface area contributed by atoms with Crippen LogP contribution in [0.25, 0.3) is 0 Å². The van der Waals surface area contributed by atoms with E-state index in [2.05, 4.69) is 31.7 Å². The number of hydrogen-bond acceptors (Lipinski definition) is 2. The number of anilines is 1. The largest absolute Gasteiger partial charge is 0.398 e. The van der Waals surface area contributed by atoms with Gasteiger partial charge in [-0.1, -0.05) is 32.0 Å². The summed E-state index contributed by atoms with van der Waals surface area (Å²) < 4.78 is 0. The van der Waals surface area contributed by atoms with Crippen LogP contribution in [0, 0.1) is 0 Å². The molecule has 0 aromatic heterocycles. The summed E-state index contributed by atoms with van der Waals surface area (Å²) in [5.41, 5.74) is 8.07. The van der Waals surface area contributed by atoms with E-state index in [1.165, 1.54) is 5.56 Å². The van der Waals surface area contributed by atoms with Crippen molar-refractivity contribution in [3.8, 4) is 0 Å². The lowest BCUT2D eigenvalue weighted by molar-refractivity contribution is 0.235. The standard InChI is InChI=1S/C12H20N2/c1-4-14(5-2)10(3)11-8-6-7-9-12(11)13/h6-10H,4-5,13H2,1-3H3. The zero-order valence-corrected chi connectivity index (χ0v) is 9.33. The van der Waals surface area contributed by atoms with Crippen LogP contribution in [0.3, 0.4) is 0 Å². The average Bonchev–Trinajstić information content (AvgIpc) is 2.20. The van der Waals surface area contributed by atoms with Gasteiger partial charge in [-0.15, -0.1) is 0 Å². The van der Waals surface area contributed by atoms with Gasteiger partial charge in [-0.05, 0) is 31.6 Å². The Balaban J connectivity index is 2.88. The van der Waals surface area contributed by atoms with Crippen molar-refractivity contribution in [1.29, 1.82) is 0 Å². The second-order valence-corrected chi connectivity index (χ2v) is 3.53. The monoisotopic (exact) mass is 192 g/mol. The van der Waals surface area contributed by atoms with Gasteiger partial charge in [0.15, 0.2) is 0 Å². The summed E-state index contributed by atoms with van der Waals surface area (Å²) in [6.45, 7) is 8.69. The van der Waals surface area contributed by atoms with E-state index in [0.717, 1.165) is 18.8 Å². The maximum atomic E-state index is 5.94. The van der Waals surface area contributed by atoms with Crippen molar-refractivity contribution >= 4 is 5.69 Å². The molecule has 0 saturated carbocycles. The third-order valence-corrected chi connectivity index (χ3v) is 2.81. The van der Waals surface area contributed by atoms with Crippen LogP contribution in [0.5, 0.6) is 0 Å². The smallest absolute Gasteiger partial charge is 0.0362 e. The van der Waals surface area contributed by atoms with Gasteiger partial charge in [0.25, 0.3) is 0 Å². The summed E-state index contributed by atoms with van der Waals surface area (Å²) in [4.78, 5) is 2.39. The first-order valence-corrected chi connectivity index (χ1v) is 5.29. The quantitative estimate of drug-likeness (QED) is 0.743. The van der Waals surface area contributed by atoms with E-state index in [4.69, 9.17) is 5.73 Å². The first-order chi connectivity index (χ1) is 6.70. The van der Waals surface area contributed by atoms with Gasteiger partial charge in [-0.25, -0.2) is 0 Å². The van der Waals surface area contributed by atoms with E-state index in [-0.39, 0.29) is 0 Å². The maximum absolute atomic E-state index is 5.94. The summed E-state index contributed by atoms with van der Waals surface area (Å²) in [5, 5.41) is 0. The zero-order chi connectivity index (χ0) is 10.6. The van der Waals surface area contributed by atoms with Crippen molar-refractivity contribution in [1.82, 2.24) is 4.90 Å². The fourth-order valence-electron chi connectivity index (χ4n) is 1.86. The topological polar surface area (TPSA) is 29.3 Å². The van der Waals surface area contributed by atoms with Crippen molar-refractivity contribution < 1.29 is 0 Å².